The fourth-order valence-corrected chi connectivity index (χ4v) is 3.51. The molecule has 1 amide bonds. The number of carbonyl (C=O) groups is 1. The molecular formula is C22H29N3O. The van der Waals surface area contributed by atoms with Gasteiger partial charge in [0.25, 0.3) is 0 Å². The lowest BCUT2D eigenvalue weighted by molar-refractivity contribution is -0.121. The molecule has 1 fully saturated rings. The Morgan fingerprint density at radius 2 is 1.73 bits per heavy atom. The van der Waals surface area contributed by atoms with Crippen molar-refractivity contribution >= 4 is 11.6 Å². The quantitative estimate of drug-likeness (QED) is 0.896. The number of nitrogens with one attached hydrogen (secondary N) is 1. The molecule has 1 saturated heterocycles. The molecule has 1 aliphatic rings. The molecule has 0 spiro atoms. The Hall–Kier alpha value is -2.17. The first-order valence-electron chi connectivity index (χ1n) is 9.41. The summed E-state index contributed by atoms with van der Waals surface area (Å²) in [5, 5.41) is 3.09. The van der Waals surface area contributed by atoms with Crippen LogP contribution in [0.2, 0.25) is 0 Å². The van der Waals surface area contributed by atoms with E-state index in [9.17, 15) is 4.79 Å². The highest BCUT2D eigenvalue weighted by Crippen LogP contribution is 2.17. The van der Waals surface area contributed by atoms with E-state index in [2.05, 4.69) is 58.4 Å². The maximum Gasteiger partial charge on any atom is 0.241 e. The van der Waals surface area contributed by atoms with E-state index in [-0.39, 0.29) is 11.9 Å². The summed E-state index contributed by atoms with van der Waals surface area (Å²) in [6.07, 6.45) is 0. The van der Waals surface area contributed by atoms with Crippen LogP contribution in [0, 0.1) is 13.8 Å². The summed E-state index contributed by atoms with van der Waals surface area (Å²) in [6, 6.07) is 16.6. The Morgan fingerprint density at radius 1 is 1.04 bits per heavy atom. The van der Waals surface area contributed by atoms with Gasteiger partial charge in [-0.25, -0.2) is 0 Å². The van der Waals surface area contributed by atoms with Crippen molar-refractivity contribution in [3.05, 3.63) is 65.2 Å². The molecule has 2 aromatic rings. The largest absolute Gasteiger partial charge is 0.324 e. The average Bonchev–Trinajstić information content (AvgIpc) is 2.65. The van der Waals surface area contributed by atoms with E-state index in [0.717, 1.165) is 44.0 Å². The maximum atomic E-state index is 12.7. The minimum absolute atomic E-state index is 0.0773. The van der Waals surface area contributed by atoms with Crippen LogP contribution in [0.15, 0.2) is 48.5 Å². The van der Waals surface area contributed by atoms with E-state index >= 15 is 0 Å². The van der Waals surface area contributed by atoms with Gasteiger partial charge in [-0.2, -0.15) is 0 Å². The molecule has 3 rings (SSSR count). The Kier molecular flexibility index (Phi) is 6.07. The summed E-state index contributed by atoms with van der Waals surface area (Å²) in [5.74, 6) is 0.0773. The number of hydrogen-bond donors (Lipinski definition) is 1. The first kappa shape index (κ1) is 18.6. The van der Waals surface area contributed by atoms with Crippen molar-refractivity contribution in [3.8, 4) is 0 Å². The zero-order chi connectivity index (χ0) is 18.5. The second-order valence-corrected chi connectivity index (χ2v) is 7.28. The standard InChI is InChI=1S/C22H29N3O/c1-17-9-10-21(18(2)15-17)23-22(26)19(3)25-13-11-24(12-14-25)16-20-7-5-4-6-8-20/h4-10,15,19H,11-14,16H2,1-3H3,(H,23,26)/t19-/m1/s1. The summed E-state index contributed by atoms with van der Waals surface area (Å²) in [6.45, 7) is 10.9. The van der Waals surface area contributed by atoms with Gasteiger partial charge in [-0.05, 0) is 38.0 Å². The molecule has 138 valence electrons. The fraction of sp³-hybridized carbons (Fsp3) is 0.409. The monoisotopic (exact) mass is 351 g/mol. The van der Waals surface area contributed by atoms with Crippen molar-refractivity contribution in [3.63, 3.8) is 0 Å². The highest BCUT2D eigenvalue weighted by atomic mass is 16.2. The lowest BCUT2D eigenvalue weighted by Crippen LogP contribution is -2.52. The lowest BCUT2D eigenvalue weighted by Gasteiger charge is -2.37. The molecule has 1 N–H and O–H groups in total. The van der Waals surface area contributed by atoms with Crippen molar-refractivity contribution in [1.29, 1.82) is 0 Å². The minimum atomic E-state index is -0.116. The van der Waals surface area contributed by atoms with Crippen molar-refractivity contribution in [2.24, 2.45) is 0 Å². The van der Waals surface area contributed by atoms with Crippen molar-refractivity contribution in [2.45, 2.75) is 33.4 Å². The highest BCUT2D eigenvalue weighted by Gasteiger charge is 2.25. The number of rotatable bonds is 5. The first-order chi connectivity index (χ1) is 12.5. The number of nitrogens with zero attached hydrogens (tertiary/aromatic N) is 2. The molecular weight excluding hydrogens is 322 g/mol. The predicted octanol–water partition coefficient (Wildman–Crippen LogP) is 3.45. The van der Waals surface area contributed by atoms with Crippen LogP contribution in [0.4, 0.5) is 5.69 Å². The zero-order valence-electron chi connectivity index (χ0n) is 16.0. The number of anilines is 1. The summed E-state index contributed by atoms with van der Waals surface area (Å²) in [5.41, 5.74) is 4.58. The Morgan fingerprint density at radius 3 is 2.38 bits per heavy atom. The molecule has 1 heterocycles. The number of benzene rings is 2. The van der Waals surface area contributed by atoms with Crippen molar-refractivity contribution in [2.75, 3.05) is 31.5 Å². The number of hydrogen-bond acceptors (Lipinski definition) is 3. The van der Waals surface area contributed by atoms with Crippen LogP contribution in [0.1, 0.15) is 23.6 Å². The third-order valence-corrected chi connectivity index (χ3v) is 5.22. The molecule has 0 aliphatic carbocycles. The third-order valence-electron chi connectivity index (χ3n) is 5.22. The second-order valence-electron chi connectivity index (χ2n) is 7.28. The molecule has 26 heavy (non-hydrogen) atoms. The topological polar surface area (TPSA) is 35.6 Å². The van der Waals surface area contributed by atoms with Crippen LogP contribution in [0.25, 0.3) is 0 Å². The predicted molar refractivity (Wildman–Crippen MR) is 107 cm³/mol. The number of aryl methyl sites for hydroxylation is 2. The Balaban J connectivity index is 1.51. The van der Waals surface area contributed by atoms with Gasteiger partial charge >= 0.3 is 0 Å². The molecule has 1 atom stereocenters. The van der Waals surface area contributed by atoms with Gasteiger partial charge in [0.05, 0.1) is 6.04 Å². The van der Waals surface area contributed by atoms with Gasteiger partial charge in [0, 0.05) is 38.4 Å². The molecule has 0 bridgehead atoms. The first-order valence-corrected chi connectivity index (χ1v) is 9.41. The average molecular weight is 351 g/mol. The lowest BCUT2D eigenvalue weighted by atomic mass is 10.1. The molecule has 4 nitrogen and oxygen atoms in total. The van der Waals surface area contributed by atoms with Crippen LogP contribution in [-0.4, -0.2) is 47.9 Å². The molecule has 0 radical (unpaired) electrons. The molecule has 0 aromatic heterocycles. The van der Waals surface area contributed by atoms with Gasteiger partial charge in [0.1, 0.15) is 0 Å². The normalized spacial score (nSPS) is 17.0. The number of carbonyl (C=O) groups excluding carboxylic acids is 1. The van der Waals surface area contributed by atoms with E-state index in [1.807, 2.05) is 26.0 Å². The minimum Gasteiger partial charge on any atom is -0.324 e. The maximum absolute atomic E-state index is 12.7. The van der Waals surface area contributed by atoms with Gasteiger partial charge in [0.2, 0.25) is 5.91 Å². The van der Waals surface area contributed by atoms with Crippen LogP contribution in [0.5, 0.6) is 0 Å². The van der Waals surface area contributed by atoms with Gasteiger partial charge < -0.3 is 5.32 Å². The van der Waals surface area contributed by atoms with Gasteiger partial charge in [-0.1, -0.05) is 48.0 Å². The molecule has 4 heteroatoms. The second kappa shape index (κ2) is 8.47. The van der Waals surface area contributed by atoms with Crippen molar-refractivity contribution < 1.29 is 4.79 Å². The van der Waals surface area contributed by atoms with E-state index < -0.39 is 0 Å². The Bertz CT molecular complexity index is 736. The summed E-state index contributed by atoms with van der Waals surface area (Å²) in [7, 11) is 0. The molecule has 0 unspecified atom stereocenters. The van der Waals surface area contributed by atoms with Crippen LogP contribution >= 0.6 is 0 Å². The Labute approximate surface area is 156 Å². The fourth-order valence-electron chi connectivity index (χ4n) is 3.51. The summed E-state index contributed by atoms with van der Waals surface area (Å²) < 4.78 is 0. The zero-order valence-corrected chi connectivity index (χ0v) is 16.0. The summed E-state index contributed by atoms with van der Waals surface area (Å²) in [4.78, 5) is 17.4. The summed E-state index contributed by atoms with van der Waals surface area (Å²) >= 11 is 0. The van der Waals surface area contributed by atoms with E-state index in [4.69, 9.17) is 0 Å². The third kappa shape index (κ3) is 4.71. The highest BCUT2D eigenvalue weighted by molar-refractivity contribution is 5.95. The van der Waals surface area contributed by atoms with Crippen molar-refractivity contribution in [1.82, 2.24) is 9.80 Å². The van der Waals surface area contributed by atoms with E-state index in [0.29, 0.717) is 0 Å². The van der Waals surface area contributed by atoms with Crippen LogP contribution in [0.3, 0.4) is 0 Å². The van der Waals surface area contributed by atoms with E-state index in [1.165, 1.54) is 11.1 Å². The molecule has 1 aliphatic heterocycles. The van der Waals surface area contributed by atoms with E-state index in [1.54, 1.807) is 0 Å². The van der Waals surface area contributed by atoms with Gasteiger partial charge in [-0.3, -0.25) is 14.6 Å². The smallest absolute Gasteiger partial charge is 0.241 e. The SMILES string of the molecule is Cc1ccc(NC(=O)[C@@H](C)N2CCN(Cc3ccccc3)CC2)c(C)c1. The molecule has 0 saturated carbocycles. The van der Waals surface area contributed by atoms with Gasteiger partial charge in [-0.15, -0.1) is 0 Å². The molecule has 2 aromatic carbocycles. The number of piperazine rings is 1. The van der Waals surface area contributed by atoms with Crippen LogP contribution in [-0.2, 0) is 11.3 Å². The van der Waals surface area contributed by atoms with Gasteiger partial charge in [0.15, 0.2) is 0 Å². The van der Waals surface area contributed by atoms with Crippen LogP contribution < -0.4 is 5.32 Å². The number of amides is 1.